The molecule has 0 nitrogen and oxygen atoms in total. The van der Waals surface area contributed by atoms with Gasteiger partial charge < -0.3 is 0 Å². The Morgan fingerprint density at radius 1 is 0.400 bits per heavy atom. The number of hydrogen-bond acceptors (Lipinski definition) is 0. The van der Waals surface area contributed by atoms with Crippen LogP contribution in [0.15, 0.2) is 0 Å². The van der Waals surface area contributed by atoms with E-state index in [-0.39, 0.29) is 7.43 Å². The summed E-state index contributed by atoms with van der Waals surface area (Å²) in [6.45, 7) is 23.7. The van der Waals surface area contributed by atoms with Crippen molar-refractivity contribution in [2.24, 2.45) is 21.7 Å². The van der Waals surface area contributed by atoms with Crippen molar-refractivity contribution in [3.63, 3.8) is 0 Å². The van der Waals surface area contributed by atoms with Crippen molar-refractivity contribution in [1.29, 1.82) is 0 Å². The molecule has 0 amide bonds. The smallest absolute Gasteiger partial charge is 0.0249 e. The summed E-state index contributed by atoms with van der Waals surface area (Å²) in [5.74, 6) is 0. The number of rotatable bonds is 1. The van der Waals surface area contributed by atoms with Crippen LogP contribution in [0.3, 0.4) is 0 Å². The van der Waals surface area contributed by atoms with E-state index in [4.69, 9.17) is 0 Å². The lowest BCUT2D eigenvalue weighted by Crippen LogP contribution is -2.49. The molecule has 94 valence electrons. The standard InChI is InChI=1S/C14H30.CH4/c1-11(2,3)13(7,8)14(9,10)12(4,5)6;/h1-10H3;1H4. The van der Waals surface area contributed by atoms with Gasteiger partial charge in [-0.25, -0.2) is 0 Å². The molecule has 0 unspecified atom stereocenters. The van der Waals surface area contributed by atoms with E-state index in [2.05, 4.69) is 69.2 Å². The maximum absolute atomic E-state index is 2.40. The summed E-state index contributed by atoms with van der Waals surface area (Å²) in [7, 11) is 0. The van der Waals surface area contributed by atoms with E-state index in [9.17, 15) is 0 Å². The van der Waals surface area contributed by atoms with Crippen LogP contribution in [0.5, 0.6) is 0 Å². The predicted molar refractivity (Wildman–Crippen MR) is 73.2 cm³/mol. The van der Waals surface area contributed by atoms with Crippen molar-refractivity contribution >= 4 is 0 Å². The minimum absolute atomic E-state index is 0. The first-order chi connectivity index (χ1) is 5.75. The van der Waals surface area contributed by atoms with Crippen molar-refractivity contribution in [2.75, 3.05) is 0 Å². The van der Waals surface area contributed by atoms with E-state index < -0.39 is 0 Å². The van der Waals surface area contributed by atoms with E-state index in [0.29, 0.717) is 21.7 Å². The fraction of sp³-hybridized carbons (Fsp3) is 1.00. The summed E-state index contributed by atoms with van der Waals surface area (Å²) < 4.78 is 0. The average molecular weight is 214 g/mol. The maximum atomic E-state index is 2.40. The van der Waals surface area contributed by atoms with Gasteiger partial charge in [0.05, 0.1) is 0 Å². The minimum atomic E-state index is 0. The van der Waals surface area contributed by atoms with Gasteiger partial charge in [0.25, 0.3) is 0 Å². The third-order valence-corrected chi connectivity index (χ3v) is 5.31. The van der Waals surface area contributed by atoms with E-state index >= 15 is 0 Å². The zero-order valence-corrected chi connectivity index (χ0v) is 12.0. The molecule has 0 radical (unpaired) electrons. The van der Waals surface area contributed by atoms with Gasteiger partial charge in [0, 0.05) is 0 Å². The van der Waals surface area contributed by atoms with Crippen molar-refractivity contribution < 1.29 is 0 Å². The Labute approximate surface area is 98.9 Å². The molecule has 0 heterocycles. The first-order valence-electron chi connectivity index (χ1n) is 5.75. The molecule has 0 heteroatoms. The van der Waals surface area contributed by atoms with Crippen LogP contribution >= 0.6 is 0 Å². The Kier molecular flexibility index (Phi) is 4.76. The summed E-state index contributed by atoms with van der Waals surface area (Å²) in [6.07, 6.45) is 0. The van der Waals surface area contributed by atoms with Gasteiger partial charge in [-0.3, -0.25) is 0 Å². The van der Waals surface area contributed by atoms with Crippen molar-refractivity contribution in [2.45, 2.75) is 76.7 Å². The predicted octanol–water partition coefficient (Wildman–Crippen LogP) is 5.77. The van der Waals surface area contributed by atoms with E-state index in [1.807, 2.05) is 0 Å². The molecule has 0 aromatic rings. The molecule has 0 aliphatic heterocycles. The van der Waals surface area contributed by atoms with E-state index in [1.54, 1.807) is 0 Å². The van der Waals surface area contributed by atoms with Crippen LogP contribution in [0.4, 0.5) is 0 Å². The largest absolute Gasteiger partial charge is 0.0776 e. The maximum Gasteiger partial charge on any atom is -0.0249 e. The second kappa shape index (κ2) is 4.11. The van der Waals surface area contributed by atoms with Crippen LogP contribution in [0.25, 0.3) is 0 Å². The van der Waals surface area contributed by atoms with Crippen molar-refractivity contribution in [3.8, 4) is 0 Å². The molecule has 15 heavy (non-hydrogen) atoms. The Balaban J connectivity index is 0. The summed E-state index contributed by atoms with van der Waals surface area (Å²) in [4.78, 5) is 0. The fourth-order valence-corrected chi connectivity index (χ4v) is 1.88. The molecule has 0 spiro atoms. The second-order valence-corrected chi connectivity index (χ2v) is 7.75. The number of hydrogen-bond donors (Lipinski definition) is 0. The molecule has 0 saturated heterocycles. The molecule has 0 atom stereocenters. The highest BCUT2D eigenvalue weighted by Crippen LogP contribution is 2.58. The van der Waals surface area contributed by atoms with Gasteiger partial charge in [0.15, 0.2) is 0 Å². The minimum Gasteiger partial charge on any atom is -0.0776 e. The van der Waals surface area contributed by atoms with Gasteiger partial charge in [-0.05, 0) is 21.7 Å². The van der Waals surface area contributed by atoms with Crippen LogP contribution in [0.1, 0.15) is 76.7 Å². The van der Waals surface area contributed by atoms with E-state index in [1.165, 1.54) is 0 Å². The Morgan fingerprint density at radius 3 is 0.600 bits per heavy atom. The molecular formula is C15H34. The lowest BCUT2D eigenvalue weighted by Gasteiger charge is -2.57. The monoisotopic (exact) mass is 214 g/mol. The lowest BCUT2D eigenvalue weighted by atomic mass is 9.48. The topological polar surface area (TPSA) is 0 Å². The quantitative estimate of drug-likeness (QED) is 0.520. The SMILES string of the molecule is C.CC(C)(C)C(C)(C)C(C)(C)C(C)(C)C. The molecule has 0 N–H and O–H groups in total. The van der Waals surface area contributed by atoms with Crippen LogP contribution in [0.2, 0.25) is 0 Å². The Bertz CT molecular complexity index is 169. The normalized spacial score (nSPS) is 14.8. The summed E-state index contributed by atoms with van der Waals surface area (Å²) in [5.41, 5.74) is 1.31. The Hall–Kier alpha value is 0. The molecule has 0 rings (SSSR count). The molecule has 0 aromatic carbocycles. The average Bonchev–Trinajstić information content (AvgIpc) is 1.81. The van der Waals surface area contributed by atoms with Crippen molar-refractivity contribution in [3.05, 3.63) is 0 Å². The van der Waals surface area contributed by atoms with Crippen LogP contribution in [0, 0.1) is 21.7 Å². The highest BCUT2D eigenvalue weighted by Gasteiger charge is 2.50. The summed E-state index contributed by atoms with van der Waals surface area (Å²) in [6, 6.07) is 0. The van der Waals surface area contributed by atoms with Gasteiger partial charge in [-0.2, -0.15) is 0 Å². The first kappa shape index (κ1) is 17.4. The van der Waals surface area contributed by atoms with Crippen LogP contribution < -0.4 is 0 Å². The molecular weight excluding hydrogens is 180 g/mol. The summed E-state index contributed by atoms with van der Waals surface area (Å²) >= 11 is 0. The summed E-state index contributed by atoms with van der Waals surface area (Å²) in [5, 5.41) is 0. The molecule has 0 aromatic heterocycles. The van der Waals surface area contributed by atoms with E-state index in [0.717, 1.165) is 0 Å². The van der Waals surface area contributed by atoms with Gasteiger partial charge in [0.2, 0.25) is 0 Å². The Morgan fingerprint density at radius 2 is 0.533 bits per heavy atom. The molecule has 0 aliphatic carbocycles. The van der Waals surface area contributed by atoms with Gasteiger partial charge in [0.1, 0.15) is 0 Å². The first-order valence-corrected chi connectivity index (χ1v) is 5.75. The highest BCUT2D eigenvalue weighted by atomic mass is 14.6. The van der Waals surface area contributed by atoms with Gasteiger partial charge >= 0.3 is 0 Å². The highest BCUT2D eigenvalue weighted by molar-refractivity contribution is 4.99. The fourth-order valence-electron chi connectivity index (χ4n) is 1.88. The third kappa shape index (κ3) is 2.77. The van der Waals surface area contributed by atoms with Crippen LogP contribution in [-0.2, 0) is 0 Å². The molecule has 0 saturated carbocycles. The zero-order chi connectivity index (χ0) is 12.0. The lowest BCUT2D eigenvalue weighted by molar-refractivity contribution is -0.0790. The van der Waals surface area contributed by atoms with Crippen LogP contribution in [-0.4, -0.2) is 0 Å². The van der Waals surface area contributed by atoms with Gasteiger partial charge in [-0.1, -0.05) is 76.7 Å². The zero-order valence-electron chi connectivity index (χ0n) is 12.0. The van der Waals surface area contributed by atoms with Crippen molar-refractivity contribution in [1.82, 2.24) is 0 Å². The molecule has 0 bridgehead atoms. The third-order valence-electron chi connectivity index (χ3n) is 5.31. The second-order valence-electron chi connectivity index (χ2n) is 7.75. The van der Waals surface area contributed by atoms with Gasteiger partial charge in [-0.15, -0.1) is 0 Å². The molecule has 0 fully saturated rings. The molecule has 0 aliphatic rings.